The first-order valence-electron chi connectivity index (χ1n) is 7.14. The van der Waals surface area contributed by atoms with E-state index in [0.717, 1.165) is 18.8 Å². The van der Waals surface area contributed by atoms with Crippen LogP contribution in [0.4, 0.5) is 0 Å². The Morgan fingerprint density at radius 1 is 1.42 bits per heavy atom. The molecule has 1 fully saturated rings. The van der Waals surface area contributed by atoms with Crippen molar-refractivity contribution in [2.24, 2.45) is 5.92 Å². The fourth-order valence-corrected chi connectivity index (χ4v) is 2.84. The lowest BCUT2D eigenvalue weighted by Gasteiger charge is -2.29. The van der Waals surface area contributed by atoms with E-state index in [9.17, 15) is 9.90 Å². The molecule has 0 aromatic carbocycles. The minimum Gasteiger partial charge on any atom is -0.505 e. The number of carbonyl (C=O) groups is 1. The monoisotopic (exact) mass is 262 g/mol. The fraction of sp³-hybridized carbons (Fsp3) is 0.600. The molecular weight excluding hydrogens is 240 g/mol. The van der Waals surface area contributed by atoms with E-state index in [4.69, 9.17) is 0 Å². The van der Waals surface area contributed by atoms with Crippen molar-refractivity contribution in [1.29, 1.82) is 0 Å². The van der Waals surface area contributed by atoms with E-state index >= 15 is 0 Å². The molecule has 0 spiro atoms. The minimum absolute atomic E-state index is 0.0559. The van der Waals surface area contributed by atoms with Gasteiger partial charge in [0.05, 0.1) is 11.8 Å². The first-order valence-corrected chi connectivity index (χ1v) is 7.14. The summed E-state index contributed by atoms with van der Waals surface area (Å²) in [5.41, 5.74) is 0.311. The Hall–Kier alpha value is -1.58. The Morgan fingerprint density at radius 3 is 2.79 bits per heavy atom. The zero-order valence-corrected chi connectivity index (χ0v) is 11.4. The molecule has 1 aromatic rings. The second kappa shape index (κ2) is 6.55. The van der Waals surface area contributed by atoms with Gasteiger partial charge in [-0.25, -0.2) is 0 Å². The highest BCUT2D eigenvalue weighted by Gasteiger charge is 2.22. The van der Waals surface area contributed by atoms with Gasteiger partial charge in [0.1, 0.15) is 5.75 Å². The molecule has 1 saturated carbocycles. The summed E-state index contributed by atoms with van der Waals surface area (Å²) in [6, 6.07) is 1.79. The normalized spacial score (nSPS) is 23.0. The van der Waals surface area contributed by atoms with Crippen molar-refractivity contribution in [3.63, 3.8) is 0 Å². The van der Waals surface area contributed by atoms with E-state index in [1.165, 1.54) is 38.1 Å². The number of nitrogens with zero attached hydrogens (tertiary/aromatic N) is 1. The Morgan fingerprint density at radius 2 is 2.16 bits per heavy atom. The Kier molecular flexibility index (Phi) is 4.77. The molecule has 4 heteroatoms. The van der Waals surface area contributed by atoms with E-state index in [2.05, 4.69) is 17.2 Å². The van der Waals surface area contributed by atoms with E-state index in [1.807, 2.05) is 0 Å². The third-order valence-electron chi connectivity index (χ3n) is 3.92. The number of amides is 1. The summed E-state index contributed by atoms with van der Waals surface area (Å²) in [6.07, 6.45) is 9.84. The SMILES string of the molecule is CCCC1CCC(NC(=O)c2ccncc2O)CC1. The van der Waals surface area contributed by atoms with Gasteiger partial charge in [-0.1, -0.05) is 19.8 Å². The molecular formula is C15H22N2O2. The van der Waals surface area contributed by atoms with Gasteiger partial charge in [-0.2, -0.15) is 0 Å². The standard InChI is InChI=1S/C15H22N2O2/c1-2-3-11-4-6-12(7-5-11)17-15(19)13-8-9-16-10-14(13)18/h8-12,18H,2-7H2,1H3,(H,17,19). The maximum atomic E-state index is 12.0. The molecule has 1 aliphatic rings. The molecule has 1 heterocycles. The number of hydrogen-bond donors (Lipinski definition) is 2. The number of aromatic hydroxyl groups is 1. The van der Waals surface area contributed by atoms with Gasteiger partial charge >= 0.3 is 0 Å². The van der Waals surface area contributed by atoms with Crippen LogP contribution >= 0.6 is 0 Å². The number of rotatable bonds is 4. The summed E-state index contributed by atoms with van der Waals surface area (Å²) >= 11 is 0. The van der Waals surface area contributed by atoms with Gasteiger partial charge in [0, 0.05) is 12.2 Å². The van der Waals surface area contributed by atoms with Crippen molar-refractivity contribution in [3.05, 3.63) is 24.0 Å². The van der Waals surface area contributed by atoms with E-state index in [-0.39, 0.29) is 17.7 Å². The van der Waals surface area contributed by atoms with Crippen LogP contribution in [0.5, 0.6) is 5.75 Å². The van der Waals surface area contributed by atoms with Crippen LogP contribution in [0.25, 0.3) is 0 Å². The van der Waals surface area contributed by atoms with Crippen LogP contribution in [0, 0.1) is 5.92 Å². The Bertz CT molecular complexity index is 426. The molecule has 104 valence electrons. The minimum atomic E-state index is -0.196. The lowest BCUT2D eigenvalue weighted by molar-refractivity contribution is 0.0918. The van der Waals surface area contributed by atoms with E-state index in [1.54, 1.807) is 6.07 Å². The van der Waals surface area contributed by atoms with Crippen LogP contribution in [-0.4, -0.2) is 22.0 Å². The maximum Gasteiger partial charge on any atom is 0.255 e. The predicted molar refractivity (Wildman–Crippen MR) is 74.0 cm³/mol. The second-order valence-electron chi connectivity index (χ2n) is 5.37. The molecule has 0 bridgehead atoms. The molecule has 1 amide bonds. The van der Waals surface area contributed by atoms with Crippen LogP contribution in [0.1, 0.15) is 55.8 Å². The average molecular weight is 262 g/mol. The molecule has 0 aliphatic heterocycles. The number of nitrogens with one attached hydrogen (secondary N) is 1. The largest absolute Gasteiger partial charge is 0.505 e. The molecule has 4 nitrogen and oxygen atoms in total. The van der Waals surface area contributed by atoms with Gasteiger partial charge in [-0.3, -0.25) is 9.78 Å². The fourth-order valence-electron chi connectivity index (χ4n) is 2.84. The topological polar surface area (TPSA) is 62.2 Å². The zero-order chi connectivity index (χ0) is 13.7. The second-order valence-corrected chi connectivity index (χ2v) is 5.37. The average Bonchev–Trinajstić information content (AvgIpc) is 2.42. The Balaban J connectivity index is 1.86. The van der Waals surface area contributed by atoms with Gasteiger partial charge in [0.15, 0.2) is 0 Å². The number of aromatic nitrogens is 1. The predicted octanol–water partition coefficient (Wildman–Crippen LogP) is 2.88. The van der Waals surface area contributed by atoms with Gasteiger partial charge < -0.3 is 10.4 Å². The van der Waals surface area contributed by atoms with Crippen LogP contribution in [0.3, 0.4) is 0 Å². The van der Waals surface area contributed by atoms with Gasteiger partial charge in [0.25, 0.3) is 5.91 Å². The first-order chi connectivity index (χ1) is 9.20. The number of hydrogen-bond acceptors (Lipinski definition) is 3. The highest BCUT2D eigenvalue weighted by molar-refractivity contribution is 5.96. The number of pyridine rings is 1. The van der Waals surface area contributed by atoms with Crippen molar-refractivity contribution in [1.82, 2.24) is 10.3 Å². The highest BCUT2D eigenvalue weighted by atomic mass is 16.3. The zero-order valence-electron chi connectivity index (χ0n) is 11.4. The lowest BCUT2D eigenvalue weighted by atomic mass is 9.83. The molecule has 0 unspecified atom stereocenters. The Labute approximate surface area is 114 Å². The van der Waals surface area contributed by atoms with Crippen molar-refractivity contribution < 1.29 is 9.90 Å². The summed E-state index contributed by atoms with van der Waals surface area (Å²) in [7, 11) is 0. The molecule has 0 atom stereocenters. The summed E-state index contributed by atoms with van der Waals surface area (Å²) in [5, 5.41) is 12.6. The van der Waals surface area contributed by atoms with Crippen LogP contribution in [-0.2, 0) is 0 Å². The maximum absolute atomic E-state index is 12.0. The smallest absolute Gasteiger partial charge is 0.255 e. The quantitative estimate of drug-likeness (QED) is 0.877. The third-order valence-corrected chi connectivity index (χ3v) is 3.92. The summed E-state index contributed by atoms with van der Waals surface area (Å²) in [6.45, 7) is 2.22. The van der Waals surface area contributed by atoms with Crippen LogP contribution < -0.4 is 5.32 Å². The van der Waals surface area contributed by atoms with E-state index < -0.39 is 0 Å². The molecule has 0 saturated heterocycles. The van der Waals surface area contributed by atoms with Crippen LogP contribution in [0.15, 0.2) is 18.5 Å². The molecule has 0 radical (unpaired) electrons. The molecule has 19 heavy (non-hydrogen) atoms. The van der Waals surface area contributed by atoms with Crippen molar-refractivity contribution in [3.8, 4) is 5.75 Å². The molecule has 1 aliphatic carbocycles. The van der Waals surface area contributed by atoms with Crippen molar-refractivity contribution in [2.75, 3.05) is 0 Å². The van der Waals surface area contributed by atoms with Crippen molar-refractivity contribution >= 4 is 5.91 Å². The number of carbonyl (C=O) groups excluding carboxylic acids is 1. The third kappa shape index (κ3) is 3.69. The van der Waals surface area contributed by atoms with E-state index in [0.29, 0.717) is 5.56 Å². The summed E-state index contributed by atoms with van der Waals surface area (Å²) in [4.78, 5) is 15.8. The molecule has 2 rings (SSSR count). The van der Waals surface area contributed by atoms with Gasteiger partial charge in [-0.15, -0.1) is 0 Å². The molecule has 2 N–H and O–H groups in total. The summed E-state index contributed by atoms with van der Waals surface area (Å²) < 4.78 is 0. The summed E-state index contributed by atoms with van der Waals surface area (Å²) in [5.74, 6) is 0.575. The first kappa shape index (κ1) is 13.8. The van der Waals surface area contributed by atoms with Crippen molar-refractivity contribution in [2.45, 2.75) is 51.5 Å². The van der Waals surface area contributed by atoms with Gasteiger partial charge in [-0.05, 0) is 37.7 Å². The highest BCUT2D eigenvalue weighted by Crippen LogP contribution is 2.28. The lowest BCUT2D eigenvalue weighted by Crippen LogP contribution is -2.37. The van der Waals surface area contributed by atoms with Gasteiger partial charge in [0.2, 0.25) is 0 Å². The molecule has 1 aromatic heterocycles. The van der Waals surface area contributed by atoms with Crippen LogP contribution in [0.2, 0.25) is 0 Å².